The Labute approximate surface area is 176 Å². The standard InChI is InChI=1S/C22H16ClFN6/c1-12(30-22-20-21(27-10-26-20)28-11-29-22)16-9-17(23)15-6-3-7-25-19(15)18(16)13-4-2-5-14(24)8-13/h2-12H,1H3,(H2,26,27,28,29,30). The first-order chi connectivity index (χ1) is 14.6. The second kappa shape index (κ2) is 7.35. The number of aromatic amines is 1. The SMILES string of the molecule is CC(Nc1ncnc2[nH]cnc12)c1cc(Cl)c2cccnc2c1-c1cccc(F)c1. The second-order valence-corrected chi connectivity index (χ2v) is 7.33. The number of nitrogens with one attached hydrogen (secondary N) is 2. The van der Waals surface area contributed by atoms with Crippen molar-refractivity contribution in [3.8, 4) is 11.1 Å². The molecule has 5 rings (SSSR count). The molecule has 8 heteroatoms. The van der Waals surface area contributed by atoms with Crippen LogP contribution in [0.25, 0.3) is 33.2 Å². The van der Waals surface area contributed by atoms with Crippen LogP contribution in [0.1, 0.15) is 18.5 Å². The predicted octanol–water partition coefficient (Wildman–Crippen LogP) is 5.53. The third-order valence-electron chi connectivity index (χ3n) is 5.02. The number of hydrogen-bond donors (Lipinski definition) is 2. The molecule has 3 aromatic heterocycles. The van der Waals surface area contributed by atoms with Gasteiger partial charge in [0.1, 0.15) is 17.7 Å². The minimum atomic E-state index is -0.313. The van der Waals surface area contributed by atoms with E-state index in [0.29, 0.717) is 27.5 Å². The number of aromatic nitrogens is 5. The first-order valence-electron chi connectivity index (χ1n) is 9.35. The van der Waals surface area contributed by atoms with Crippen molar-refractivity contribution < 1.29 is 4.39 Å². The van der Waals surface area contributed by atoms with Crippen LogP contribution in [-0.2, 0) is 0 Å². The summed E-state index contributed by atoms with van der Waals surface area (Å²) in [4.78, 5) is 20.3. The molecule has 6 nitrogen and oxygen atoms in total. The topological polar surface area (TPSA) is 79.4 Å². The maximum Gasteiger partial charge on any atom is 0.162 e. The zero-order valence-electron chi connectivity index (χ0n) is 15.9. The molecule has 0 aliphatic rings. The minimum Gasteiger partial charge on any atom is -0.362 e. The number of imidazole rings is 1. The molecule has 0 aliphatic heterocycles. The number of benzene rings is 2. The van der Waals surface area contributed by atoms with Crippen molar-refractivity contribution >= 4 is 39.5 Å². The summed E-state index contributed by atoms with van der Waals surface area (Å²) in [6.45, 7) is 1.99. The lowest BCUT2D eigenvalue weighted by molar-refractivity contribution is 0.628. The predicted molar refractivity (Wildman–Crippen MR) is 116 cm³/mol. The van der Waals surface area contributed by atoms with E-state index >= 15 is 0 Å². The van der Waals surface area contributed by atoms with Gasteiger partial charge in [0.15, 0.2) is 11.5 Å². The summed E-state index contributed by atoms with van der Waals surface area (Å²) in [6, 6.07) is 11.9. The lowest BCUT2D eigenvalue weighted by Gasteiger charge is -2.21. The average Bonchev–Trinajstić information content (AvgIpc) is 3.23. The largest absolute Gasteiger partial charge is 0.362 e. The van der Waals surface area contributed by atoms with Gasteiger partial charge in [0.05, 0.1) is 22.9 Å². The van der Waals surface area contributed by atoms with Crippen molar-refractivity contribution in [2.24, 2.45) is 0 Å². The van der Waals surface area contributed by atoms with Crippen LogP contribution in [0.2, 0.25) is 5.02 Å². The fourth-order valence-electron chi connectivity index (χ4n) is 3.66. The van der Waals surface area contributed by atoms with Crippen molar-refractivity contribution in [1.29, 1.82) is 0 Å². The van der Waals surface area contributed by atoms with Gasteiger partial charge in [0, 0.05) is 17.1 Å². The molecule has 0 saturated heterocycles. The number of H-pyrrole nitrogens is 1. The van der Waals surface area contributed by atoms with Gasteiger partial charge in [-0.2, -0.15) is 0 Å². The molecule has 0 fully saturated rings. The Hall–Kier alpha value is -3.58. The van der Waals surface area contributed by atoms with E-state index in [0.717, 1.165) is 22.1 Å². The Balaban J connectivity index is 1.70. The molecule has 0 amide bonds. The number of fused-ring (bicyclic) bond motifs is 2. The van der Waals surface area contributed by atoms with E-state index in [1.165, 1.54) is 18.5 Å². The first kappa shape index (κ1) is 18.4. The molecule has 0 radical (unpaired) electrons. The summed E-state index contributed by atoms with van der Waals surface area (Å²) >= 11 is 6.59. The van der Waals surface area contributed by atoms with Gasteiger partial charge >= 0.3 is 0 Å². The van der Waals surface area contributed by atoms with Crippen LogP contribution in [0.5, 0.6) is 0 Å². The van der Waals surface area contributed by atoms with E-state index in [4.69, 9.17) is 11.6 Å². The Morgan fingerprint density at radius 1 is 1.03 bits per heavy atom. The molecule has 2 N–H and O–H groups in total. The van der Waals surface area contributed by atoms with Gasteiger partial charge in [-0.15, -0.1) is 0 Å². The molecule has 148 valence electrons. The van der Waals surface area contributed by atoms with Crippen LogP contribution in [-0.4, -0.2) is 24.9 Å². The molecule has 1 atom stereocenters. The van der Waals surface area contributed by atoms with Crippen molar-refractivity contribution in [1.82, 2.24) is 24.9 Å². The Morgan fingerprint density at radius 3 is 2.80 bits per heavy atom. The smallest absolute Gasteiger partial charge is 0.162 e. The summed E-state index contributed by atoms with van der Waals surface area (Å²) in [5, 5.41) is 4.78. The third kappa shape index (κ3) is 3.13. The van der Waals surface area contributed by atoms with Crippen molar-refractivity contribution in [3.05, 3.63) is 77.7 Å². The van der Waals surface area contributed by atoms with Crippen molar-refractivity contribution in [3.63, 3.8) is 0 Å². The maximum atomic E-state index is 14.1. The van der Waals surface area contributed by atoms with Gasteiger partial charge in [-0.1, -0.05) is 23.7 Å². The number of pyridine rings is 1. The highest BCUT2D eigenvalue weighted by Gasteiger charge is 2.20. The molecule has 0 bridgehead atoms. The van der Waals surface area contributed by atoms with E-state index in [1.54, 1.807) is 18.6 Å². The molecule has 5 aromatic rings. The van der Waals surface area contributed by atoms with E-state index < -0.39 is 0 Å². The molecule has 0 saturated carbocycles. The molecule has 3 heterocycles. The fourth-order valence-corrected chi connectivity index (χ4v) is 3.93. The van der Waals surface area contributed by atoms with E-state index in [9.17, 15) is 4.39 Å². The van der Waals surface area contributed by atoms with Gasteiger partial charge in [-0.25, -0.2) is 19.3 Å². The van der Waals surface area contributed by atoms with Gasteiger partial charge in [0.2, 0.25) is 0 Å². The quantitative estimate of drug-likeness (QED) is 0.401. The molecule has 1 unspecified atom stereocenters. The summed E-state index contributed by atoms with van der Waals surface area (Å²) < 4.78 is 14.1. The Bertz CT molecular complexity index is 1380. The fraction of sp³-hybridized carbons (Fsp3) is 0.0909. The van der Waals surface area contributed by atoms with Gasteiger partial charge < -0.3 is 10.3 Å². The summed E-state index contributed by atoms with van der Waals surface area (Å²) in [5.41, 5.74) is 4.42. The highest BCUT2D eigenvalue weighted by Crippen LogP contribution is 2.39. The molecule has 30 heavy (non-hydrogen) atoms. The summed E-state index contributed by atoms with van der Waals surface area (Å²) in [7, 11) is 0. The lowest BCUT2D eigenvalue weighted by Crippen LogP contribution is -2.11. The highest BCUT2D eigenvalue weighted by molar-refractivity contribution is 6.36. The van der Waals surface area contributed by atoms with E-state index in [-0.39, 0.29) is 11.9 Å². The van der Waals surface area contributed by atoms with Crippen LogP contribution < -0.4 is 5.32 Å². The normalized spacial score (nSPS) is 12.4. The monoisotopic (exact) mass is 418 g/mol. The number of halogens is 2. The molecular formula is C22H16ClFN6. The number of anilines is 1. The van der Waals surface area contributed by atoms with Gasteiger partial charge in [-0.05, 0) is 48.4 Å². The number of rotatable bonds is 4. The van der Waals surface area contributed by atoms with Gasteiger partial charge in [0.25, 0.3) is 0 Å². The number of hydrogen-bond acceptors (Lipinski definition) is 5. The molecule has 0 spiro atoms. The molecular weight excluding hydrogens is 403 g/mol. The summed E-state index contributed by atoms with van der Waals surface area (Å²) in [6.07, 6.45) is 4.75. The van der Waals surface area contributed by atoms with E-state index in [2.05, 4.69) is 30.2 Å². The second-order valence-electron chi connectivity index (χ2n) is 6.92. The number of nitrogens with zero attached hydrogens (tertiary/aromatic N) is 4. The van der Waals surface area contributed by atoms with Crippen molar-refractivity contribution in [2.75, 3.05) is 5.32 Å². The van der Waals surface area contributed by atoms with Crippen LogP contribution >= 0.6 is 11.6 Å². The zero-order chi connectivity index (χ0) is 20.7. The van der Waals surface area contributed by atoms with Crippen LogP contribution in [0.4, 0.5) is 10.2 Å². The van der Waals surface area contributed by atoms with Crippen LogP contribution in [0.3, 0.4) is 0 Å². The molecule has 2 aromatic carbocycles. The third-order valence-corrected chi connectivity index (χ3v) is 5.34. The first-order valence-corrected chi connectivity index (χ1v) is 9.73. The maximum absolute atomic E-state index is 14.1. The van der Waals surface area contributed by atoms with Gasteiger partial charge in [-0.3, -0.25) is 4.98 Å². The highest BCUT2D eigenvalue weighted by atomic mass is 35.5. The minimum absolute atomic E-state index is 0.220. The summed E-state index contributed by atoms with van der Waals surface area (Å²) in [5.74, 6) is 0.281. The molecule has 0 aliphatic carbocycles. The Kier molecular flexibility index (Phi) is 4.52. The zero-order valence-corrected chi connectivity index (χ0v) is 16.7. The van der Waals surface area contributed by atoms with Crippen LogP contribution in [0, 0.1) is 5.82 Å². The average molecular weight is 419 g/mol. The van der Waals surface area contributed by atoms with Crippen molar-refractivity contribution in [2.45, 2.75) is 13.0 Å². The Morgan fingerprint density at radius 2 is 1.93 bits per heavy atom. The van der Waals surface area contributed by atoms with Crippen LogP contribution in [0.15, 0.2) is 61.3 Å². The van der Waals surface area contributed by atoms with E-state index in [1.807, 2.05) is 31.2 Å². The lowest BCUT2D eigenvalue weighted by atomic mass is 9.92.